The van der Waals surface area contributed by atoms with E-state index < -0.39 is 0 Å². The minimum atomic E-state index is 0.880. The third-order valence-electron chi connectivity index (χ3n) is 13.3. The van der Waals surface area contributed by atoms with E-state index in [2.05, 4.69) is 231 Å². The van der Waals surface area contributed by atoms with E-state index >= 15 is 0 Å². The molecule has 0 unspecified atom stereocenters. The highest BCUT2D eigenvalue weighted by Crippen LogP contribution is 2.51. The maximum Gasteiger partial charge on any atom is 0.136 e. The van der Waals surface area contributed by atoms with Gasteiger partial charge in [0.25, 0.3) is 0 Å². The van der Waals surface area contributed by atoms with Crippen LogP contribution in [0.25, 0.3) is 131 Å². The lowest BCUT2D eigenvalue weighted by molar-refractivity contribution is 0.669. The molecule has 13 rings (SSSR count). The van der Waals surface area contributed by atoms with Gasteiger partial charge in [0.1, 0.15) is 11.2 Å². The van der Waals surface area contributed by atoms with Crippen molar-refractivity contribution in [3.63, 3.8) is 0 Å². The van der Waals surface area contributed by atoms with Crippen molar-refractivity contribution in [2.24, 2.45) is 0 Å². The minimum Gasteiger partial charge on any atom is -0.456 e. The second-order valence-electron chi connectivity index (χ2n) is 16.6. The van der Waals surface area contributed by atoms with Crippen molar-refractivity contribution in [2.45, 2.75) is 0 Å². The Morgan fingerprint density at radius 1 is 0.206 bits per heavy atom. The highest BCUT2D eigenvalue weighted by atomic mass is 16.3. The first-order chi connectivity index (χ1) is 31.3. The van der Waals surface area contributed by atoms with Crippen LogP contribution in [0.1, 0.15) is 0 Å². The molecule has 0 aliphatic heterocycles. The highest BCUT2D eigenvalue weighted by Gasteiger charge is 2.24. The summed E-state index contributed by atoms with van der Waals surface area (Å²) in [5, 5.41) is 14.6. The lowest BCUT2D eigenvalue weighted by atomic mass is 9.83. The maximum atomic E-state index is 6.89. The lowest BCUT2D eigenvalue weighted by Crippen LogP contribution is -1.92. The Labute approximate surface area is 364 Å². The van der Waals surface area contributed by atoms with Crippen molar-refractivity contribution in [3.8, 4) is 55.6 Å². The molecule has 12 aromatic carbocycles. The summed E-state index contributed by atoms with van der Waals surface area (Å²) in [5.41, 5.74) is 13.9. The van der Waals surface area contributed by atoms with Crippen LogP contribution in [0.3, 0.4) is 0 Å². The van der Waals surface area contributed by atoms with Crippen LogP contribution in [0.2, 0.25) is 0 Å². The summed E-state index contributed by atoms with van der Waals surface area (Å²) in [6.45, 7) is 0. The van der Waals surface area contributed by atoms with Crippen LogP contribution in [0.15, 0.2) is 235 Å². The van der Waals surface area contributed by atoms with Crippen molar-refractivity contribution >= 4 is 75.8 Å². The van der Waals surface area contributed by atoms with Gasteiger partial charge >= 0.3 is 0 Å². The predicted octanol–water partition coefficient (Wildman–Crippen LogP) is 17.7. The van der Waals surface area contributed by atoms with Crippen LogP contribution >= 0.6 is 0 Å². The van der Waals surface area contributed by atoms with Crippen LogP contribution in [0, 0.1) is 0 Å². The molecule has 0 N–H and O–H groups in total. The molecule has 0 saturated carbocycles. The molecule has 1 aromatic heterocycles. The monoisotopic (exact) mass is 798 g/mol. The lowest BCUT2D eigenvalue weighted by Gasteiger charge is -2.19. The van der Waals surface area contributed by atoms with E-state index in [1.54, 1.807) is 0 Å². The zero-order valence-electron chi connectivity index (χ0n) is 34.3. The molecule has 0 atom stereocenters. The number of hydrogen-bond donors (Lipinski definition) is 0. The smallest absolute Gasteiger partial charge is 0.136 e. The standard InChI is InChI=1S/C62H38O/c1-2-18-41(19-3-1)57-45-22-6-10-26-49(45)59(50-27-11-7-23-46(50)57)53-31-15-33-55-61(53)62-54(32-16-34-56(62)63-55)60-51-28-12-8-24-47(51)58(48-25-9-13-29-52(48)60)42-37-35-40(36-38-42)44-30-14-20-39-17-4-5-21-43(39)44/h1-38H. The van der Waals surface area contributed by atoms with Crippen molar-refractivity contribution in [1.29, 1.82) is 0 Å². The average Bonchev–Trinajstić information content (AvgIpc) is 3.75. The molecular formula is C62H38O. The summed E-state index contributed by atoms with van der Waals surface area (Å²) in [7, 11) is 0. The van der Waals surface area contributed by atoms with E-state index in [1.165, 1.54) is 109 Å². The zero-order valence-corrected chi connectivity index (χ0v) is 34.3. The fourth-order valence-corrected chi connectivity index (χ4v) is 10.6. The van der Waals surface area contributed by atoms with Crippen LogP contribution in [-0.4, -0.2) is 0 Å². The molecule has 0 aliphatic carbocycles. The molecule has 1 nitrogen and oxygen atoms in total. The Morgan fingerprint density at radius 3 is 1.02 bits per heavy atom. The number of rotatable bonds is 5. The topological polar surface area (TPSA) is 13.1 Å². The third-order valence-corrected chi connectivity index (χ3v) is 13.3. The van der Waals surface area contributed by atoms with Gasteiger partial charge in [-0.1, -0.05) is 218 Å². The van der Waals surface area contributed by atoms with E-state index in [0.29, 0.717) is 0 Å². The molecule has 0 aliphatic rings. The van der Waals surface area contributed by atoms with Gasteiger partial charge in [-0.2, -0.15) is 0 Å². The third kappa shape index (κ3) is 5.43. The van der Waals surface area contributed by atoms with E-state index in [-0.39, 0.29) is 0 Å². The average molecular weight is 799 g/mol. The number of benzene rings is 12. The molecule has 1 heteroatoms. The summed E-state index contributed by atoms with van der Waals surface area (Å²) in [6.07, 6.45) is 0. The second kappa shape index (κ2) is 14.2. The first-order valence-electron chi connectivity index (χ1n) is 21.8. The van der Waals surface area contributed by atoms with Crippen LogP contribution in [0.5, 0.6) is 0 Å². The Balaban J connectivity index is 1.08. The van der Waals surface area contributed by atoms with E-state index in [4.69, 9.17) is 4.42 Å². The largest absolute Gasteiger partial charge is 0.456 e. The fourth-order valence-electron chi connectivity index (χ4n) is 10.6. The Bertz CT molecular complexity index is 3830. The number of fused-ring (bicyclic) bond motifs is 8. The SMILES string of the molecule is c1ccc(-c2c3ccccc3c(-c3cccc4oc5cccc(-c6c7ccccc7c(-c7ccc(-c8cccc9ccccc89)cc7)c7ccccc67)c5c34)c3ccccc23)cc1. The Kier molecular flexibility index (Phi) is 7.98. The molecule has 0 radical (unpaired) electrons. The molecule has 292 valence electrons. The molecule has 1 heterocycles. The van der Waals surface area contributed by atoms with Gasteiger partial charge in [-0.15, -0.1) is 0 Å². The molecule has 63 heavy (non-hydrogen) atoms. The zero-order chi connectivity index (χ0) is 41.4. The summed E-state index contributed by atoms with van der Waals surface area (Å²) < 4.78 is 6.89. The maximum absolute atomic E-state index is 6.89. The quantitative estimate of drug-likeness (QED) is 0.158. The van der Waals surface area contributed by atoms with Gasteiger partial charge in [-0.05, 0) is 122 Å². The van der Waals surface area contributed by atoms with Crippen LogP contribution in [0.4, 0.5) is 0 Å². The predicted molar refractivity (Wildman–Crippen MR) is 268 cm³/mol. The Morgan fingerprint density at radius 2 is 0.540 bits per heavy atom. The van der Waals surface area contributed by atoms with Crippen molar-refractivity contribution < 1.29 is 4.42 Å². The molecular weight excluding hydrogens is 761 g/mol. The molecule has 0 bridgehead atoms. The number of furan rings is 1. The van der Waals surface area contributed by atoms with Gasteiger partial charge < -0.3 is 4.42 Å². The van der Waals surface area contributed by atoms with Crippen molar-refractivity contribution in [1.82, 2.24) is 0 Å². The molecule has 13 aromatic rings. The van der Waals surface area contributed by atoms with Crippen molar-refractivity contribution in [2.75, 3.05) is 0 Å². The van der Waals surface area contributed by atoms with Gasteiger partial charge in [0, 0.05) is 10.8 Å². The van der Waals surface area contributed by atoms with Crippen molar-refractivity contribution in [3.05, 3.63) is 231 Å². The van der Waals surface area contributed by atoms with Gasteiger partial charge in [-0.3, -0.25) is 0 Å². The Hall–Kier alpha value is -8.26. The number of hydrogen-bond acceptors (Lipinski definition) is 1. The van der Waals surface area contributed by atoms with Gasteiger partial charge in [0.15, 0.2) is 0 Å². The summed E-state index contributed by atoms with van der Waals surface area (Å²) in [5.74, 6) is 0. The first kappa shape index (κ1) is 35.5. The molecule has 0 saturated heterocycles. The van der Waals surface area contributed by atoms with E-state index in [0.717, 1.165) is 21.9 Å². The van der Waals surface area contributed by atoms with Crippen LogP contribution < -0.4 is 0 Å². The van der Waals surface area contributed by atoms with Crippen LogP contribution in [-0.2, 0) is 0 Å². The van der Waals surface area contributed by atoms with E-state index in [1.807, 2.05) is 0 Å². The molecule has 0 spiro atoms. The fraction of sp³-hybridized carbons (Fsp3) is 0. The summed E-state index contributed by atoms with van der Waals surface area (Å²) >= 11 is 0. The second-order valence-corrected chi connectivity index (χ2v) is 16.6. The van der Waals surface area contributed by atoms with Gasteiger partial charge in [-0.25, -0.2) is 0 Å². The van der Waals surface area contributed by atoms with Gasteiger partial charge in [0.2, 0.25) is 0 Å². The normalized spacial score (nSPS) is 11.8. The molecule has 0 amide bonds. The van der Waals surface area contributed by atoms with Gasteiger partial charge in [0.05, 0.1) is 0 Å². The summed E-state index contributed by atoms with van der Waals surface area (Å²) in [6, 6.07) is 84.1. The minimum absolute atomic E-state index is 0.880. The summed E-state index contributed by atoms with van der Waals surface area (Å²) in [4.78, 5) is 0. The first-order valence-corrected chi connectivity index (χ1v) is 21.8. The van der Waals surface area contributed by atoms with E-state index in [9.17, 15) is 0 Å². The molecule has 0 fully saturated rings. The highest BCUT2D eigenvalue weighted by molar-refractivity contribution is 6.30.